The van der Waals surface area contributed by atoms with Crippen molar-refractivity contribution in [1.82, 2.24) is 4.90 Å². The number of hydrogen-bond donors (Lipinski definition) is 2. The van der Waals surface area contributed by atoms with Crippen LogP contribution < -0.4 is 5.32 Å². The summed E-state index contributed by atoms with van der Waals surface area (Å²) in [6.07, 6.45) is 4.02. The maximum absolute atomic E-state index is 14.0. The standard InChI is InChI=1S/C29H36N2O5S/c1-3-36-28(35)23-22-16-18(2)29(37-22)24(23)27(34)31(14-8-4-5-9-15-32)25(29)26(33)30-21-13-12-19-10-6-7-11-20(19)17-21/h6-7,10-13,17-18,22-25,32H,3-5,8-9,14-16H2,1-2H3,(H,30,33)/t18?,22-,23+,24-,25?,29?/m0/s1. The molecule has 2 aromatic rings. The van der Waals surface area contributed by atoms with Gasteiger partial charge in [0.25, 0.3) is 0 Å². The van der Waals surface area contributed by atoms with Crippen LogP contribution in [0, 0.1) is 17.8 Å². The van der Waals surface area contributed by atoms with Crippen LogP contribution in [0.2, 0.25) is 0 Å². The van der Waals surface area contributed by atoms with Crippen molar-refractivity contribution in [2.45, 2.75) is 62.0 Å². The molecule has 0 aliphatic carbocycles. The van der Waals surface area contributed by atoms with Gasteiger partial charge >= 0.3 is 5.97 Å². The van der Waals surface area contributed by atoms with Gasteiger partial charge in [-0.3, -0.25) is 14.4 Å². The quantitative estimate of drug-likeness (QED) is 0.357. The smallest absolute Gasteiger partial charge is 0.310 e. The molecule has 3 aliphatic rings. The van der Waals surface area contributed by atoms with Gasteiger partial charge < -0.3 is 20.1 Å². The fourth-order valence-corrected chi connectivity index (χ4v) is 9.20. The minimum absolute atomic E-state index is 0.00864. The van der Waals surface area contributed by atoms with Crippen molar-refractivity contribution >= 4 is 46.0 Å². The lowest BCUT2D eigenvalue weighted by molar-refractivity contribution is -0.154. The molecule has 3 heterocycles. The van der Waals surface area contributed by atoms with Crippen molar-refractivity contribution in [3.05, 3.63) is 42.5 Å². The molecule has 0 saturated carbocycles. The third kappa shape index (κ3) is 4.42. The lowest BCUT2D eigenvalue weighted by atomic mass is 9.66. The molecular formula is C29H36N2O5S. The number of carbonyl (C=O) groups is 3. The first kappa shape index (κ1) is 26.0. The average Bonchev–Trinajstić information content (AvgIpc) is 3.47. The van der Waals surface area contributed by atoms with E-state index in [2.05, 4.69) is 12.2 Å². The van der Waals surface area contributed by atoms with Crippen molar-refractivity contribution in [3.8, 4) is 0 Å². The molecule has 2 N–H and O–H groups in total. The fourth-order valence-electron chi connectivity index (χ4n) is 6.79. The summed E-state index contributed by atoms with van der Waals surface area (Å²) in [4.78, 5) is 42.8. The van der Waals surface area contributed by atoms with E-state index in [1.807, 2.05) is 42.5 Å². The highest BCUT2D eigenvalue weighted by atomic mass is 32.2. The number of ether oxygens (including phenoxy) is 1. The molecule has 3 aliphatic heterocycles. The summed E-state index contributed by atoms with van der Waals surface area (Å²) in [6, 6.07) is 13.2. The number of rotatable bonds is 10. The second-order valence-corrected chi connectivity index (χ2v) is 12.1. The zero-order valence-corrected chi connectivity index (χ0v) is 22.3. The van der Waals surface area contributed by atoms with Gasteiger partial charge in [0, 0.05) is 24.1 Å². The van der Waals surface area contributed by atoms with E-state index < -0.39 is 22.6 Å². The number of amides is 2. The molecule has 5 rings (SSSR count). The molecule has 2 amide bonds. The van der Waals surface area contributed by atoms with Gasteiger partial charge in [-0.2, -0.15) is 0 Å². The number of nitrogens with one attached hydrogen (secondary N) is 1. The molecule has 1 spiro atoms. The van der Waals surface area contributed by atoms with E-state index in [1.165, 1.54) is 0 Å². The topological polar surface area (TPSA) is 95.9 Å². The van der Waals surface area contributed by atoms with Crippen LogP contribution in [0.4, 0.5) is 5.69 Å². The predicted octanol–water partition coefficient (Wildman–Crippen LogP) is 4.23. The molecule has 2 bridgehead atoms. The Morgan fingerprint density at radius 1 is 1.14 bits per heavy atom. The number of aliphatic hydroxyl groups excluding tert-OH is 1. The minimum Gasteiger partial charge on any atom is -0.466 e. The molecule has 3 saturated heterocycles. The summed E-state index contributed by atoms with van der Waals surface area (Å²) in [7, 11) is 0. The van der Waals surface area contributed by atoms with Crippen LogP contribution in [0.5, 0.6) is 0 Å². The zero-order valence-electron chi connectivity index (χ0n) is 21.5. The van der Waals surface area contributed by atoms with Gasteiger partial charge in [0.1, 0.15) is 6.04 Å². The Hall–Kier alpha value is -2.58. The van der Waals surface area contributed by atoms with E-state index in [4.69, 9.17) is 9.84 Å². The Morgan fingerprint density at radius 3 is 2.65 bits per heavy atom. The molecule has 2 aromatic carbocycles. The summed E-state index contributed by atoms with van der Waals surface area (Å²) < 4.78 is 4.76. The Kier molecular flexibility index (Phi) is 7.50. The molecule has 198 valence electrons. The summed E-state index contributed by atoms with van der Waals surface area (Å²) in [5.74, 6) is -1.54. The van der Waals surface area contributed by atoms with Gasteiger partial charge in [-0.25, -0.2) is 0 Å². The summed E-state index contributed by atoms with van der Waals surface area (Å²) in [6.45, 7) is 4.80. The number of anilines is 1. The number of benzene rings is 2. The molecule has 6 atom stereocenters. The molecule has 8 heteroatoms. The van der Waals surface area contributed by atoms with Crippen LogP contribution in [-0.4, -0.2) is 63.6 Å². The Balaban J connectivity index is 1.46. The van der Waals surface area contributed by atoms with Crippen LogP contribution in [-0.2, 0) is 19.1 Å². The highest BCUT2D eigenvalue weighted by Crippen LogP contribution is 2.68. The molecule has 3 unspecified atom stereocenters. The summed E-state index contributed by atoms with van der Waals surface area (Å²) in [5.41, 5.74) is 0.700. The molecule has 0 aromatic heterocycles. The number of hydrogen-bond acceptors (Lipinski definition) is 6. The summed E-state index contributed by atoms with van der Waals surface area (Å²) in [5, 5.41) is 14.3. The van der Waals surface area contributed by atoms with E-state index in [9.17, 15) is 14.4 Å². The number of aliphatic hydroxyl groups is 1. The van der Waals surface area contributed by atoms with Gasteiger partial charge in [-0.15, -0.1) is 11.8 Å². The first-order chi connectivity index (χ1) is 17.9. The zero-order chi connectivity index (χ0) is 26.2. The van der Waals surface area contributed by atoms with Crippen molar-refractivity contribution in [3.63, 3.8) is 0 Å². The Labute approximate surface area is 222 Å². The molecule has 7 nitrogen and oxygen atoms in total. The minimum atomic E-state index is -0.654. The Morgan fingerprint density at radius 2 is 1.89 bits per heavy atom. The third-order valence-electron chi connectivity index (χ3n) is 8.38. The summed E-state index contributed by atoms with van der Waals surface area (Å²) >= 11 is 1.67. The van der Waals surface area contributed by atoms with E-state index in [1.54, 1.807) is 23.6 Å². The normalized spacial score (nSPS) is 30.1. The van der Waals surface area contributed by atoms with Gasteiger partial charge in [0.05, 0.1) is 23.2 Å². The third-order valence-corrected chi connectivity index (χ3v) is 10.5. The van der Waals surface area contributed by atoms with Crippen molar-refractivity contribution < 1.29 is 24.2 Å². The van der Waals surface area contributed by atoms with E-state index >= 15 is 0 Å². The van der Waals surface area contributed by atoms with Crippen LogP contribution in [0.1, 0.15) is 46.0 Å². The second-order valence-electron chi connectivity index (χ2n) is 10.5. The lowest BCUT2D eigenvalue weighted by Gasteiger charge is -2.38. The molecular weight excluding hydrogens is 488 g/mol. The first-order valence-corrected chi connectivity index (χ1v) is 14.4. The van der Waals surface area contributed by atoms with Crippen molar-refractivity contribution in [2.75, 3.05) is 25.1 Å². The highest BCUT2D eigenvalue weighted by molar-refractivity contribution is 8.02. The predicted molar refractivity (Wildman–Crippen MR) is 145 cm³/mol. The number of likely N-dealkylation sites (tertiary alicyclic amines) is 1. The largest absolute Gasteiger partial charge is 0.466 e. The van der Waals surface area contributed by atoms with Gasteiger partial charge in [-0.1, -0.05) is 50.1 Å². The first-order valence-electron chi connectivity index (χ1n) is 13.5. The van der Waals surface area contributed by atoms with Gasteiger partial charge in [0.15, 0.2) is 0 Å². The van der Waals surface area contributed by atoms with Crippen LogP contribution in [0.25, 0.3) is 10.8 Å². The number of unbranched alkanes of at least 4 members (excludes halogenated alkanes) is 3. The number of thioether (sulfide) groups is 1. The van der Waals surface area contributed by atoms with Crippen LogP contribution in [0.3, 0.4) is 0 Å². The number of carbonyl (C=O) groups excluding carboxylic acids is 3. The molecule has 37 heavy (non-hydrogen) atoms. The Bertz CT molecular complexity index is 1190. The lowest BCUT2D eigenvalue weighted by Crippen LogP contribution is -2.54. The molecule has 0 radical (unpaired) electrons. The number of fused-ring (bicyclic) bond motifs is 2. The number of nitrogens with zero attached hydrogens (tertiary/aromatic N) is 1. The van der Waals surface area contributed by atoms with Crippen LogP contribution >= 0.6 is 11.8 Å². The van der Waals surface area contributed by atoms with E-state index in [0.717, 1.165) is 42.9 Å². The van der Waals surface area contributed by atoms with Gasteiger partial charge in [-0.05, 0) is 55.0 Å². The monoisotopic (exact) mass is 524 g/mol. The average molecular weight is 525 g/mol. The fraction of sp³-hybridized carbons (Fsp3) is 0.552. The maximum Gasteiger partial charge on any atom is 0.310 e. The van der Waals surface area contributed by atoms with Crippen molar-refractivity contribution in [2.24, 2.45) is 17.8 Å². The molecule has 3 fully saturated rings. The SMILES string of the molecule is CCOC(=O)[C@@H]1[C@@H]2CC(C)C3(S2)C(C(=O)Nc2ccc4ccccc4c2)N(CCCCCCO)C(=O)[C@H]13. The van der Waals surface area contributed by atoms with E-state index in [0.29, 0.717) is 12.2 Å². The van der Waals surface area contributed by atoms with Crippen LogP contribution in [0.15, 0.2) is 42.5 Å². The highest BCUT2D eigenvalue weighted by Gasteiger charge is 2.76. The number of esters is 1. The second kappa shape index (κ2) is 10.7. The maximum atomic E-state index is 14.0. The van der Waals surface area contributed by atoms with Gasteiger partial charge in [0.2, 0.25) is 11.8 Å². The van der Waals surface area contributed by atoms with Crippen molar-refractivity contribution in [1.29, 1.82) is 0 Å². The van der Waals surface area contributed by atoms with E-state index in [-0.39, 0.29) is 42.2 Å².